The quantitative estimate of drug-likeness (QED) is 0.565. The number of halogens is 2. The molecule has 1 aromatic rings. The predicted octanol–water partition coefficient (Wildman–Crippen LogP) is 3.60. The second-order valence-electron chi connectivity index (χ2n) is 4.59. The van der Waals surface area contributed by atoms with Gasteiger partial charge in [0.2, 0.25) is 0 Å². The van der Waals surface area contributed by atoms with Gasteiger partial charge in [-0.2, -0.15) is 0 Å². The second-order valence-corrected chi connectivity index (χ2v) is 6.40. The van der Waals surface area contributed by atoms with E-state index in [4.69, 9.17) is 32.7 Å². The molecule has 0 aliphatic carbocycles. The van der Waals surface area contributed by atoms with Crippen molar-refractivity contribution in [1.29, 1.82) is 0 Å². The molecule has 1 aromatic carbocycles. The molecule has 0 saturated carbocycles. The normalized spacial score (nSPS) is 16.0. The molecular weight excluding hydrogens is 377 g/mol. The highest BCUT2D eigenvalue weighted by Gasteiger charge is 2.36. The Morgan fingerprint density at radius 3 is 2.46 bits per heavy atom. The van der Waals surface area contributed by atoms with Crippen molar-refractivity contribution in [3.8, 4) is 5.75 Å². The molecule has 24 heavy (non-hydrogen) atoms. The van der Waals surface area contributed by atoms with Crippen LogP contribution in [0.25, 0.3) is 6.08 Å². The number of ether oxygens (including phenoxy) is 2. The molecule has 1 aliphatic heterocycles. The number of carbonyl (C=O) groups excluding carboxylic acids is 3. The molecule has 1 aliphatic rings. The van der Waals surface area contributed by atoms with E-state index in [1.165, 1.54) is 13.2 Å². The molecule has 6 nitrogen and oxygen atoms in total. The number of imide groups is 1. The molecule has 0 N–H and O–H groups in total. The molecule has 0 radical (unpaired) electrons. The minimum Gasteiger partial charge on any atom is -0.494 e. The van der Waals surface area contributed by atoms with Crippen LogP contribution in [0.3, 0.4) is 0 Å². The monoisotopic (exact) mass is 389 g/mol. The topological polar surface area (TPSA) is 72.9 Å². The molecule has 1 heterocycles. The zero-order valence-corrected chi connectivity index (χ0v) is 15.1. The van der Waals surface area contributed by atoms with Crippen molar-refractivity contribution in [3.63, 3.8) is 0 Å². The number of amides is 2. The highest BCUT2D eigenvalue weighted by atomic mass is 35.5. The second kappa shape index (κ2) is 7.92. The number of hydrogen-bond acceptors (Lipinski definition) is 6. The van der Waals surface area contributed by atoms with E-state index in [9.17, 15) is 14.4 Å². The van der Waals surface area contributed by atoms with E-state index in [-0.39, 0.29) is 21.6 Å². The largest absolute Gasteiger partial charge is 0.494 e. The molecule has 0 bridgehead atoms. The van der Waals surface area contributed by atoms with Gasteiger partial charge in [0.15, 0.2) is 5.75 Å². The summed E-state index contributed by atoms with van der Waals surface area (Å²) >= 11 is 12.8. The first-order valence-corrected chi connectivity index (χ1v) is 8.38. The van der Waals surface area contributed by atoms with Crippen LogP contribution < -0.4 is 4.74 Å². The van der Waals surface area contributed by atoms with Crippen LogP contribution in [-0.4, -0.2) is 42.3 Å². The zero-order chi connectivity index (χ0) is 17.9. The van der Waals surface area contributed by atoms with Crippen molar-refractivity contribution < 1.29 is 23.9 Å². The van der Waals surface area contributed by atoms with Crippen molar-refractivity contribution in [2.45, 2.75) is 6.92 Å². The number of rotatable bonds is 5. The summed E-state index contributed by atoms with van der Waals surface area (Å²) in [6.07, 6.45) is 1.48. The Hall–Kier alpha value is -1.70. The molecule has 0 spiro atoms. The number of thioether (sulfide) groups is 1. The van der Waals surface area contributed by atoms with E-state index >= 15 is 0 Å². The fraction of sp³-hybridized carbons (Fsp3) is 0.267. The van der Waals surface area contributed by atoms with Crippen molar-refractivity contribution in [2.75, 3.05) is 20.3 Å². The van der Waals surface area contributed by atoms with Crippen LogP contribution >= 0.6 is 35.0 Å². The maximum absolute atomic E-state index is 12.3. The highest BCUT2D eigenvalue weighted by Crippen LogP contribution is 2.37. The summed E-state index contributed by atoms with van der Waals surface area (Å²) in [4.78, 5) is 36.6. The van der Waals surface area contributed by atoms with E-state index in [0.717, 1.165) is 16.7 Å². The Morgan fingerprint density at radius 1 is 1.29 bits per heavy atom. The van der Waals surface area contributed by atoms with E-state index in [0.29, 0.717) is 11.3 Å². The summed E-state index contributed by atoms with van der Waals surface area (Å²) in [5, 5.41) is 0.0222. The summed E-state index contributed by atoms with van der Waals surface area (Å²) in [7, 11) is 1.44. The maximum atomic E-state index is 12.3. The molecule has 0 atom stereocenters. The van der Waals surface area contributed by atoms with E-state index in [1.807, 2.05) is 0 Å². The Balaban J connectivity index is 2.24. The van der Waals surface area contributed by atoms with E-state index in [1.54, 1.807) is 19.1 Å². The van der Waals surface area contributed by atoms with Crippen LogP contribution in [0.5, 0.6) is 5.75 Å². The molecule has 9 heteroatoms. The predicted molar refractivity (Wildman–Crippen MR) is 92.3 cm³/mol. The van der Waals surface area contributed by atoms with Crippen LogP contribution in [0, 0.1) is 0 Å². The van der Waals surface area contributed by atoms with Crippen molar-refractivity contribution in [3.05, 3.63) is 32.6 Å². The molecule has 1 fully saturated rings. The van der Waals surface area contributed by atoms with Gasteiger partial charge in [-0.25, -0.2) is 0 Å². The van der Waals surface area contributed by atoms with Crippen molar-refractivity contribution in [1.82, 2.24) is 4.90 Å². The first-order chi connectivity index (χ1) is 11.4. The van der Waals surface area contributed by atoms with Gasteiger partial charge in [0.05, 0.1) is 28.7 Å². The lowest BCUT2D eigenvalue weighted by Gasteiger charge is -2.10. The third-order valence-corrected chi connectivity index (χ3v) is 4.46. The molecule has 1 saturated heterocycles. The Bertz CT molecular complexity index is 712. The summed E-state index contributed by atoms with van der Waals surface area (Å²) in [6.45, 7) is 1.40. The first-order valence-electron chi connectivity index (χ1n) is 6.81. The minimum absolute atomic E-state index is 0.168. The van der Waals surface area contributed by atoms with Crippen molar-refractivity contribution >= 4 is 58.2 Å². The van der Waals surface area contributed by atoms with Gasteiger partial charge in [0.25, 0.3) is 11.1 Å². The Kier molecular flexibility index (Phi) is 6.15. The number of nitrogens with zero attached hydrogens (tertiary/aromatic N) is 1. The summed E-state index contributed by atoms with van der Waals surface area (Å²) in [5.74, 6) is -0.886. The number of esters is 1. The smallest absolute Gasteiger partial charge is 0.326 e. The third-order valence-electron chi connectivity index (χ3n) is 2.99. The van der Waals surface area contributed by atoms with E-state index in [2.05, 4.69) is 0 Å². The molecule has 2 amide bonds. The SMILES string of the molecule is CCOC(=O)CN1C(=O)S/C(=C\c2cc(Cl)c(OC)c(Cl)c2)C1=O. The number of methoxy groups -OCH3 is 1. The van der Waals surface area contributed by atoms with Crippen LogP contribution in [0.15, 0.2) is 17.0 Å². The van der Waals surface area contributed by atoms with Gasteiger partial charge in [-0.15, -0.1) is 0 Å². The van der Waals surface area contributed by atoms with Crippen LogP contribution in [0.4, 0.5) is 4.79 Å². The summed E-state index contributed by atoms with van der Waals surface area (Å²) < 4.78 is 9.80. The molecule has 0 aromatic heterocycles. The fourth-order valence-corrected chi connectivity index (χ4v) is 3.48. The van der Waals surface area contributed by atoms with Gasteiger partial charge < -0.3 is 9.47 Å². The highest BCUT2D eigenvalue weighted by molar-refractivity contribution is 8.18. The van der Waals surface area contributed by atoms with Gasteiger partial charge in [0, 0.05) is 0 Å². The maximum Gasteiger partial charge on any atom is 0.326 e. The Morgan fingerprint density at radius 2 is 1.92 bits per heavy atom. The zero-order valence-electron chi connectivity index (χ0n) is 12.8. The molecule has 0 unspecified atom stereocenters. The lowest BCUT2D eigenvalue weighted by atomic mass is 10.2. The average Bonchev–Trinajstić information content (AvgIpc) is 2.75. The minimum atomic E-state index is -0.642. The number of benzene rings is 1. The molecule has 128 valence electrons. The Labute approximate surface area is 152 Å². The molecular formula is C15H13Cl2NO5S. The van der Waals surface area contributed by atoms with Gasteiger partial charge >= 0.3 is 5.97 Å². The van der Waals surface area contributed by atoms with Crippen molar-refractivity contribution in [2.24, 2.45) is 0 Å². The van der Waals surface area contributed by atoms with Crippen LogP contribution in [0.1, 0.15) is 12.5 Å². The number of carbonyl (C=O) groups is 3. The molecule has 2 rings (SSSR count). The van der Waals surface area contributed by atoms with E-state index < -0.39 is 23.7 Å². The first kappa shape index (κ1) is 18.6. The van der Waals surface area contributed by atoms with Crippen LogP contribution in [-0.2, 0) is 14.3 Å². The summed E-state index contributed by atoms with van der Waals surface area (Å²) in [5.41, 5.74) is 0.535. The fourth-order valence-electron chi connectivity index (χ4n) is 1.98. The lowest BCUT2D eigenvalue weighted by molar-refractivity contribution is -0.145. The van der Waals surface area contributed by atoms with Gasteiger partial charge in [-0.3, -0.25) is 19.3 Å². The third kappa shape index (κ3) is 4.03. The number of hydrogen-bond donors (Lipinski definition) is 0. The van der Waals surface area contributed by atoms with Crippen LogP contribution in [0.2, 0.25) is 10.0 Å². The summed E-state index contributed by atoms with van der Waals surface area (Å²) in [6, 6.07) is 3.12. The van der Waals surface area contributed by atoms with Gasteiger partial charge in [0.1, 0.15) is 6.54 Å². The van der Waals surface area contributed by atoms with Gasteiger partial charge in [-0.1, -0.05) is 23.2 Å². The van der Waals surface area contributed by atoms with Gasteiger partial charge in [-0.05, 0) is 42.5 Å². The lowest BCUT2D eigenvalue weighted by Crippen LogP contribution is -2.34. The average molecular weight is 390 g/mol. The standard InChI is InChI=1S/C15H13Cl2NO5S/c1-3-23-12(19)7-18-14(20)11(24-15(18)21)6-8-4-9(16)13(22-2)10(17)5-8/h4-6H,3,7H2,1-2H3/b11-6-.